The molecule has 0 unspecified atom stereocenters. The lowest BCUT2D eigenvalue weighted by Gasteiger charge is -2.33. The molecule has 0 bridgehead atoms. The average Bonchev–Trinajstić information content (AvgIpc) is 2.86. The van der Waals surface area contributed by atoms with Gasteiger partial charge in [0, 0.05) is 36.8 Å². The molecule has 132 valence electrons. The molecule has 1 amide bonds. The Morgan fingerprint density at radius 1 is 1.17 bits per heavy atom. The molecule has 6 heteroatoms. The lowest BCUT2D eigenvalue weighted by Crippen LogP contribution is -2.44. The van der Waals surface area contributed by atoms with Crippen molar-refractivity contribution in [3.05, 3.63) is 11.8 Å². The summed E-state index contributed by atoms with van der Waals surface area (Å²) >= 11 is 0. The van der Waals surface area contributed by atoms with Crippen LogP contribution in [0.15, 0.2) is 6.20 Å². The van der Waals surface area contributed by atoms with E-state index in [-0.39, 0.29) is 11.8 Å². The summed E-state index contributed by atoms with van der Waals surface area (Å²) < 4.78 is 0. The van der Waals surface area contributed by atoms with Crippen molar-refractivity contribution in [2.45, 2.75) is 64.3 Å². The van der Waals surface area contributed by atoms with E-state index in [0.717, 1.165) is 50.2 Å². The van der Waals surface area contributed by atoms with Crippen LogP contribution in [0, 0.1) is 12.8 Å². The Balaban J connectivity index is 1.52. The zero-order valence-corrected chi connectivity index (χ0v) is 14.6. The molecule has 6 nitrogen and oxygen atoms in total. The second-order valence-corrected chi connectivity index (χ2v) is 7.19. The van der Waals surface area contributed by atoms with Gasteiger partial charge < -0.3 is 16.0 Å². The van der Waals surface area contributed by atoms with Gasteiger partial charge in [0.15, 0.2) is 0 Å². The Kier molecular flexibility index (Phi) is 5.53. The average molecular weight is 331 g/mol. The van der Waals surface area contributed by atoms with E-state index in [0.29, 0.717) is 12.0 Å². The van der Waals surface area contributed by atoms with Gasteiger partial charge in [-0.2, -0.15) is 4.98 Å². The van der Waals surface area contributed by atoms with Gasteiger partial charge >= 0.3 is 0 Å². The molecule has 1 aliphatic carbocycles. The fraction of sp³-hybridized carbons (Fsp3) is 0.722. The van der Waals surface area contributed by atoms with Gasteiger partial charge in [-0.25, -0.2) is 4.98 Å². The summed E-state index contributed by atoms with van der Waals surface area (Å²) in [6.07, 6.45) is 10.9. The van der Waals surface area contributed by atoms with Gasteiger partial charge in [-0.1, -0.05) is 25.7 Å². The van der Waals surface area contributed by atoms with Gasteiger partial charge in [0.05, 0.1) is 0 Å². The Morgan fingerprint density at radius 3 is 2.50 bits per heavy atom. The molecule has 0 aromatic carbocycles. The van der Waals surface area contributed by atoms with Crippen LogP contribution in [0.2, 0.25) is 0 Å². The largest absolute Gasteiger partial charge is 0.368 e. The zero-order valence-electron chi connectivity index (χ0n) is 14.6. The van der Waals surface area contributed by atoms with Crippen LogP contribution in [0.5, 0.6) is 0 Å². The molecule has 2 aliphatic rings. The fourth-order valence-corrected chi connectivity index (χ4v) is 3.86. The van der Waals surface area contributed by atoms with Gasteiger partial charge in [0.2, 0.25) is 11.9 Å². The summed E-state index contributed by atoms with van der Waals surface area (Å²) in [5.74, 6) is 1.60. The number of aryl methyl sites for hydroxylation is 1. The highest BCUT2D eigenvalue weighted by Crippen LogP contribution is 2.25. The van der Waals surface area contributed by atoms with Crippen LogP contribution in [-0.4, -0.2) is 35.0 Å². The molecule has 24 heavy (non-hydrogen) atoms. The molecule has 1 aromatic rings. The van der Waals surface area contributed by atoms with Crippen molar-refractivity contribution in [2.24, 2.45) is 5.92 Å². The zero-order chi connectivity index (χ0) is 16.9. The van der Waals surface area contributed by atoms with E-state index in [4.69, 9.17) is 5.73 Å². The second-order valence-electron chi connectivity index (χ2n) is 7.19. The number of nitrogens with zero attached hydrogens (tertiary/aromatic N) is 3. The molecule has 0 atom stereocenters. The fourth-order valence-electron chi connectivity index (χ4n) is 3.86. The van der Waals surface area contributed by atoms with E-state index in [9.17, 15) is 4.79 Å². The highest BCUT2D eigenvalue weighted by molar-refractivity contribution is 5.79. The van der Waals surface area contributed by atoms with E-state index in [1.807, 2.05) is 6.92 Å². The molecule has 3 rings (SSSR count). The molecule has 0 radical (unpaired) electrons. The Morgan fingerprint density at radius 2 is 1.83 bits per heavy atom. The number of hydrogen-bond acceptors (Lipinski definition) is 5. The monoisotopic (exact) mass is 331 g/mol. The maximum atomic E-state index is 12.6. The molecule has 1 aliphatic heterocycles. The van der Waals surface area contributed by atoms with Crippen molar-refractivity contribution in [3.8, 4) is 0 Å². The minimum atomic E-state index is 0.129. The minimum absolute atomic E-state index is 0.129. The SMILES string of the molecule is Cc1cnc(N)nc1N1CCC(C(=O)NC2CCCCCC2)CC1. The standard InChI is InChI=1S/C18H29N5O/c1-13-12-20-18(19)22-16(13)23-10-8-14(9-11-23)17(24)21-15-6-4-2-3-5-7-15/h12,14-15H,2-11H2,1H3,(H,21,24)(H2,19,20,22). The number of nitrogens with two attached hydrogens (primary N) is 1. The number of hydrogen-bond donors (Lipinski definition) is 2. The van der Waals surface area contributed by atoms with Gasteiger partial charge in [0.25, 0.3) is 0 Å². The normalized spacial score (nSPS) is 20.6. The van der Waals surface area contributed by atoms with E-state index in [1.54, 1.807) is 6.20 Å². The number of carbonyl (C=O) groups is 1. The third kappa shape index (κ3) is 4.16. The first-order valence-electron chi connectivity index (χ1n) is 9.28. The number of rotatable bonds is 3. The first kappa shape index (κ1) is 17.0. The third-order valence-electron chi connectivity index (χ3n) is 5.33. The summed E-state index contributed by atoms with van der Waals surface area (Å²) in [5, 5.41) is 3.30. The Bertz CT molecular complexity index is 561. The molecule has 1 aromatic heterocycles. The van der Waals surface area contributed by atoms with Gasteiger partial charge in [0.1, 0.15) is 5.82 Å². The minimum Gasteiger partial charge on any atom is -0.368 e. The highest BCUT2D eigenvalue weighted by atomic mass is 16.1. The first-order chi connectivity index (χ1) is 11.6. The summed E-state index contributed by atoms with van der Waals surface area (Å²) in [6, 6.07) is 0.391. The molecule has 1 saturated heterocycles. The van der Waals surface area contributed by atoms with Crippen molar-refractivity contribution in [1.29, 1.82) is 0 Å². The van der Waals surface area contributed by atoms with Crippen LogP contribution in [0.4, 0.5) is 11.8 Å². The van der Waals surface area contributed by atoms with Crippen molar-refractivity contribution in [1.82, 2.24) is 15.3 Å². The quantitative estimate of drug-likeness (QED) is 0.831. The maximum Gasteiger partial charge on any atom is 0.223 e. The lowest BCUT2D eigenvalue weighted by atomic mass is 9.95. The van der Waals surface area contributed by atoms with E-state index in [1.165, 1.54) is 25.7 Å². The van der Waals surface area contributed by atoms with Gasteiger partial charge in [-0.15, -0.1) is 0 Å². The number of nitrogen functional groups attached to an aromatic ring is 1. The van der Waals surface area contributed by atoms with Gasteiger partial charge in [-0.05, 0) is 32.6 Å². The van der Waals surface area contributed by atoms with E-state index >= 15 is 0 Å². The third-order valence-corrected chi connectivity index (χ3v) is 5.33. The molecule has 2 fully saturated rings. The Hall–Kier alpha value is -1.85. The smallest absolute Gasteiger partial charge is 0.223 e. The molecular formula is C18H29N5O. The van der Waals surface area contributed by atoms with E-state index in [2.05, 4.69) is 20.2 Å². The van der Waals surface area contributed by atoms with Crippen LogP contribution in [0.3, 0.4) is 0 Å². The highest BCUT2D eigenvalue weighted by Gasteiger charge is 2.27. The number of piperidine rings is 1. The van der Waals surface area contributed by atoms with Crippen molar-refractivity contribution >= 4 is 17.7 Å². The molecule has 0 spiro atoms. The lowest BCUT2D eigenvalue weighted by molar-refractivity contribution is -0.126. The number of aromatic nitrogens is 2. The van der Waals surface area contributed by atoms with Crippen LogP contribution in [-0.2, 0) is 4.79 Å². The summed E-state index contributed by atoms with van der Waals surface area (Å²) in [4.78, 5) is 23.2. The molecule has 2 heterocycles. The van der Waals surface area contributed by atoms with Crippen LogP contribution in [0.1, 0.15) is 56.9 Å². The summed E-state index contributed by atoms with van der Waals surface area (Å²) in [6.45, 7) is 3.69. The number of amides is 1. The van der Waals surface area contributed by atoms with E-state index < -0.39 is 0 Å². The number of carbonyl (C=O) groups excluding carboxylic acids is 1. The molecular weight excluding hydrogens is 302 g/mol. The maximum absolute atomic E-state index is 12.6. The second kappa shape index (κ2) is 7.81. The first-order valence-corrected chi connectivity index (χ1v) is 9.28. The van der Waals surface area contributed by atoms with Crippen molar-refractivity contribution in [3.63, 3.8) is 0 Å². The molecule has 3 N–H and O–H groups in total. The van der Waals surface area contributed by atoms with Gasteiger partial charge in [-0.3, -0.25) is 4.79 Å². The molecule has 1 saturated carbocycles. The number of nitrogens with one attached hydrogen (secondary N) is 1. The predicted molar refractivity (Wildman–Crippen MR) is 95.8 cm³/mol. The predicted octanol–water partition coefficient (Wildman–Crippen LogP) is 2.42. The van der Waals surface area contributed by atoms with Crippen LogP contribution >= 0.6 is 0 Å². The topological polar surface area (TPSA) is 84.1 Å². The Labute approximate surface area is 144 Å². The number of anilines is 2. The summed E-state index contributed by atoms with van der Waals surface area (Å²) in [7, 11) is 0. The van der Waals surface area contributed by atoms with Crippen molar-refractivity contribution in [2.75, 3.05) is 23.7 Å². The van der Waals surface area contributed by atoms with Crippen LogP contribution in [0.25, 0.3) is 0 Å². The van der Waals surface area contributed by atoms with Crippen molar-refractivity contribution < 1.29 is 4.79 Å². The van der Waals surface area contributed by atoms with Crippen LogP contribution < -0.4 is 16.0 Å². The summed E-state index contributed by atoms with van der Waals surface area (Å²) in [5.41, 5.74) is 6.75.